The molecule has 0 saturated heterocycles. The Labute approximate surface area is 122 Å². The average Bonchev–Trinajstić information content (AvgIpc) is 2.41. The summed E-state index contributed by atoms with van der Waals surface area (Å²) < 4.78 is 1.09. The van der Waals surface area contributed by atoms with Crippen molar-refractivity contribution in [2.75, 3.05) is 12.3 Å². The predicted molar refractivity (Wildman–Crippen MR) is 82.9 cm³/mol. The summed E-state index contributed by atoms with van der Waals surface area (Å²) in [5.74, 6) is 0.602. The SMILES string of the molecule is CCNC(Cc1ccc(Br)cc1)c1cccnc1N. The van der Waals surface area contributed by atoms with E-state index >= 15 is 0 Å². The summed E-state index contributed by atoms with van der Waals surface area (Å²) >= 11 is 3.45. The summed E-state index contributed by atoms with van der Waals surface area (Å²) in [5, 5.41) is 3.47. The Kier molecular flexibility index (Phi) is 4.93. The molecule has 2 aromatic rings. The Morgan fingerprint density at radius 3 is 2.63 bits per heavy atom. The van der Waals surface area contributed by atoms with Gasteiger partial charge in [0.25, 0.3) is 0 Å². The van der Waals surface area contributed by atoms with E-state index in [4.69, 9.17) is 5.73 Å². The zero-order valence-corrected chi connectivity index (χ0v) is 12.5. The molecular weight excluding hydrogens is 302 g/mol. The van der Waals surface area contributed by atoms with Gasteiger partial charge in [-0.1, -0.05) is 41.1 Å². The number of aromatic nitrogens is 1. The van der Waals surface area contributed by atoms with E-state index in [0.29, 0.717) is 5.82 Å². The fraction of sp³-hybridized carbons (Fsp3) is 0.267. The number of nitrogens with zero attached hydrogens (tertiary/aromatic N) is 1. The predicted octanol–water partition coefficient (Wildman–Crippen LogP) is 3.32. The van der Waals surface area contributed by atoms with Crippen molar-refractivity contribution in [1.82, 2.24) is 10.3 Å². The lowest BCUT2D eigenvalue weighted by Crippen LogP contribution is -2.24. The first kappa shape index (κ1) is 14.0. The molecule has 0 aliphatic heterocycles. The van der Waals surface area contributed by atoms with Crippen molar-refractivity contribution in [2.24, 2.45) is 0 Å². The number of nitrogen functional groups attached to an aromatic ring is 1. The topological polar surface area (TPSA) is 50.9 Å². The molecule has 19 heavy (non-hydrogen) atoms. The molecule has 0 fully saturated rings. The number of pyridine rings is 1. The average molecular weight is 320 g/mol. The number of rotatable bonds is 5. The lowest BCUT2D eigenvalue weighted by Gasteiger charge is -2.19. The van der Waals surface area contributed by atoms with E-state index in [2.05, 4.69) is 57.4 Å². The third-order valence-corrected chi connectivity index (χ3v) is 3.58. The normalized spacial score (nSPS) is 12.3. The number of hydrogen-bond donors (Lipinski definition) is 2. The molecule has 1 unspecified atom stereocenters. The van der Waals surface area contributed by atoms with E-state index < -0.39 is 0 Å². The molecule has 1 aromatic heterocycles. The van der Waals surface area contributed by atoms with Crippen molar-refractivity contribution < 1.29 is 0 Å². The van der Waals surface area contributed by atoms with Gasteiger partial charge in [-0.3, -0.25) is 0 Å². The standard InChI is InChI=1S/C15H18BrN3/c1-2-18-14(13-4-3-9-19-15(13)17)10-11-5-7-12(16)8-6-11/h3-9,14,18H,2,10H2,1H3,(H2,17,19). The molecule has 4 heteroatoms. The minimum atomic E-state index is 0.194. The molecule has 0 saturated carbocycles. The molecular formula is C15H18BrN3. The summed E-state index contributed by atoms with van der Waals surface area (Å²) in [4.78, 5) is 4.17. The van der Waals surface area contributed by atoms with Crippen molar-refractivity contribution >= 4 is 21.7 Å². The van der Waals surface area contributed by atoms with Crippen LogP contribution in [0.5, 0.6) is 0 Å². The number of halogens is 1. The third kappa shape index (κ3) is 3.78. The summed E-state index contributed by atoms with van der Waals surface area (Å²) in [6.45, 7) is 3.00. The lowest BCUT2D eigenvalue weighted by molar-refractivity contribution is 0.550. The quantitative estimate of drug-likeness (QED) is 0.888. The van der Waals surface area contributed by atoms with Crippen LogP contribution in [-0.2, 0) is 6.42 Å². The minimum Gasteiger partial charge on any atom is -0.383 e. The number of hydrogen-bond acceptors (Lipinski definition) is 3. The number of likely N-dealkylation sites (N-methyl/N-ethyl adjacent to an activating group) is 1. The first-order valence-corrected chi connectivity index (χ1v) is 7.18. The maximum Gasteiger partial charge on any atom is 0.128 e. The largest absolute Gasteiger partial charge is 0.383 e. The van der Waals surface area contributed by atoms with Gasteiger partial charge in [-0.2, -0.15) is 0 Å². The molecule has 1 heterocycles. The van der Waals surface area contributed by atoms with Gasteiger partial charge in [-0.25, -0.2) is 4.98 Å². The van der Waals surface area contributed by atoms with Crippen LogP contribution in [0, 0.1) is 0 Å². The van der Waals surface area contributed by atoms with Crippen LogP contribution in [0.4, 0.5) is 5.82 Å². The van der Waals surface area contributed by atoms with Crippen LogP contribution >= 0.6 is 15.9 Å². The Hall–Kier alpha value is -1.39. The van der Waals surface area contributed by atoms with Crippen LogP contribution in [0.1, 0.15) is 24.1 Å². The molecule has 0 aliphatic rings. The first-order valence-electron chi connectivity index (χ1n) is 6.39. The van der Waals surface area contributed by atoms with E-state index in [1.165, 1.54) is 5.56 Å². The molecule has 0 aliphatic carbocycles. The molecule has 0 radical (unpaired) electrons. The summed E-state index contributed by atoms with van der Waals surface area (Å²) in [6, 6.07) is 12.5. The molecule has 0 spiro atoms. The molecule has 0 bridgehead atoms. The van der Waals surface area contributed by atoms with Crippen molar-refractivity contribution in [2.45, 2.75) is 19.4 Å². The highest BCUT2D eigenvalue weighted by Gasteiger charge is 2.14. The highest BCUT2D eigenvalue weighted by atomic mass is 79.9. The maximum absolute atomic E-state index is 5.97. The molecule has 3 N–H and O–H groups in total. The highest BCUT2D eigenvalue weighted by Crippen LogP contribution is 2.23. The number of nitrogens with two attached hydrogens (primary N) is 1. The lowest BCUT2D eigenvalue weighted by atomic mass is 9.99. The van der Waals surface area contributed by atoms with Crippen LogP contribution in [0.25, 0.3) is 0 Å². The maximum atomic E-state index is 5.97. The van der Waals surface area contributed by atoms with E-state index in [-0.39, 0.29) is 6.04 Å². The fourth-order valence-corrected chi connectivity index (χ4v) is 2.38. The van der Waals surface area contributed by atoms with Gasteiger partial charge in [0.15, 0.2) is 0 Å². The second-order valence-electron chi connectivity index (χ2n) is 4.42. The molecule has 2 rings (SSSR count). The summed E-state index contributed by atoms with van der Waals surface area (Å²) in [5.41, 5.74) is 8.31. The van der Waals surface area contributed by atoms with E-state index in [0.717, 1.165) is 23.0 Å². The van der Waals surface area contributed by atoms with Crippen LogP contribution in [0.2, 0.25) is 0 Å². The van der Waals surface area contributed by atoms with Gasteiger partial charge < -0.3 is 11.1 Å². The number of anilines is 1. The summed E-state index contributed by atoms with van der Waals surface area (Å²) in [6.07, 6.45) is 2.62. The fourth-order valence-electron chi connectivity index (χ4n) is 2.12. The molecule has 100 valence electrons. The van der Waals surface area contributed by atoms with Crippen LogP contribution in [0.3, 0.4) is 0 Å². The van der Waals surface area contributed by atoms with Crippen molar-refractivity contribution in [3.63, 3.8) is 0 Å². The Bertz CT molecular complexity index is 525. The zero-order chi connectivity index (χ0) is 13.7. The third-order valence-electron chi connectivity index (χ3n) is 3.05. The monoisotopic (exact) mass is 319 g/mol. The van der Waals surface area contributed by atoms with E-state index in [1.807, 2.05) is 12.1 Å². The summed E-state index contributed by atoms with van der Waals surface area (Å²) in [7, 11) is 0. The minimum absolute atomic E-state index is 0.194. The van der Waals surface area contributed by atoms with Gasteiger partial charge in [-0.15, -0.1) is 0 Å². The van der Waals surface area contributed by atoms with Gasteiger partial charge >= 0.3 is 0 Å². The first-order chi connectivity index (χ1) is 9.20. The molecule has 1 atom stereocenters. The van der Waals surface area contributed by atoms with Crippen molar-refractivity contribution in [3.8, 4) is 0 Å². The van der Waals surface area contributed by atoms with Crippen LogP contribution < -0.4 is 11.1 Å². The molecule has 1 aromatic carbocycles. The van der Waals surface area contributed by atoms with E-state index in [1.54, 1.807) is 6.20 Å². The second-order valence-corrected chi connectivity index (χ2v) is 5.33. The van der Waals surface area contributed by atoms with Gasteiger partial charge in [0.05, 0.1) is 0 Å². The van der Waals surface area contributed by atoms with Crippen LogP contribution in [-0.4, -0.2) is 11.5 Å². The molecule has 3 nitrogen and oxygen atoms in total. The van der Waals surface area contributed by atoms with Crippen LogP contribution in [0.15, 0.2) is 47.1 Å². The smallest absolute Gasteiger partial charge is 0.128 e. The van der Waals surface area contributed by atoms with Crippen molar-refractivity contribution in [1.29, 1.82) is 0 Å². The Balaban J connectivity index is 2.21. The van der Waals surface area contributed by atoms with Gasteiger partial charge in [0, 0.05) is 22.3 Å². The Morgan fingerprint density at radius 2 is 2.00 bits per heavy atom. The number of benzene rings is 1. The van der Waals surface area contributed by atoms with Crippen molar-refractivity contribution in [3.05, 3.63) is 58.2 Å². The highest BCUT2D eigenvalue weighted by molar-refractivity contribution is 9.10. The molecule has 0 amide bonds. The van der Waals surface area contributed by atoms with Gasteiger partial charge in [0.1, 0.15) is 5.82 Å². The Morgan fingerprint density at radius 1 is 1.26 bits per heavy atom. The zero-order valence-electron chi connectivity index (χ0n) is 10.9. The van der Waals surface area contributed by atoms with Gasteiger partial charge in [0.2, 0.25) is 0 Å². The second kappa shape index (κ2) is 6.68. The van der Waals surface area contributed by atoms with Gasteiger partial charge in [-0.05, 0) is 36.7 Å². The van der Waals surface area contributed by atoms with E-state index in [9.17, 15) is 0 Å². The number of nitrogens with one attached hydrogen (secondary N) is 1.